The summed E-state index contributed by atoms with van der Waals surface area (Å²) in [7, 11) is -4.38. The van der Waals surface area contributed by atoms with E-state index in [-0.39, 0.29) is 27.5 Å². The summed E-state index contributed by atoms with van der Waals surface area (Å²) in [4.78, 5) is 24.2. The van der Waals surface area contributed by atoms with Crippen LogP contribution in [0.1, 0.15) is 16.1 Å². The zero-order valence-electron chi connectivity index (χ0n) is 16.0. The standard InChI is InChI=1S/C17H14N4O9S2/c1-9-15(16(22)21(20-9)10-2-5-12(6-3-10)32(26,27)28)19-18-14-7-4-11(31-30-29-25)8-13(14)17(23)24/h2-8,20,25H,1H3,(H,23,24)(H,26,27,28). The Hall–Kier alpha value is -3.34. The van der Waals surface area contributed by atoms with E-state index >= 15 is 0 Å². The van der Waals surface area contributed by atoms with E-state index in [9.17, 15) is 23.1 Å². The highest BCUT2D eigenvalue weighted by Gasteiger charge is 2.16. The molecule has 0 radical (unpaired) electrons. The summed E-state index contributed by atoms with van der Waals surface area (Å²) in [6.45, 7) is 1.54. The van der Waals surface area contributed by atoms with E-state index in [0.717, 1.165) is 16.8 Å². The smallest absolute Gasteiger partial charge is 0.338 e. The number of H-pyrrole nitrogens is 1. The number of hydrogen-bond donors (Lipinski definition) is 4. The van der Waals surface area contributed by atoms with Crippen LogP contribution in [0.5, 0.6) is 0 Å². The number of carboxylic acids is 1. The molecule has 0 aliphatic rings. The molecule has 0 saturated carbocycles. The van der Waals surface area contributed by atoms with E-state index in [4.69, 9.17) is 9.81 Å². The first kappa shape index (κ1) is 23.3. The number of benzene rings is 2. The molecule has 0 spiro atoms. The molecule has 3 rings (SSSR count). The number of nitrogens with one attached hydrogen (secondary N) is 1. The number of aromatic amines is 1. The van der Waals surface area contributed by atoms with E-state index in [0.29, 0.717) is 22.6 Å². The van der Waals surface area contributed by atoms with Crippen molar-refractivity contribution in [2.24, 2.45) is 10.2 Å². The summed E-state index contributed by atoms with van der Waals surface area (Å²) in [5.41, 5.74) is -0.426. The summed E-state index contributed by atoms with van der Waals surface area (Å²) in [6.07, 6.45) is 0. The van der Waals surface area contributed by atoms with Crippen molar-refractivity contribution in [3.8, 4) is 5.69 Å². The lowest BCUT2D eigenvalue weighted by Gasteiger charge is -2.03. The van der Waals surface area contributed by atoms with Gasteiger partial charge in [0.25, 0.3) is 15.7 Å². The Labute approximate surface area is 183 Å². The molecule has 0 aliphatic heterocycles. The number of aromatic carboxylic acids is 1. The molecule has 13 nitrogen and oxygen atoms in total. The molecule has 0 saturated heterocycles. The van der Waals surface area contributed by atoms with Crippen molar-refractivity contribution >= 4 is 39.5 Å². The molecule has 0 bridgehead atoms. The molecule has 3 aromatic rings. The number of aromatic nitrogens is 2. The van der Waals surface area contributed by atoms with E-state index in [1.54, 1.807) is 6.92 Å². The summed E-state index contributed by atoms with van der Waals surface area (Å²) in [5.74, 6) is -1.31. The second-order valence-corrected chi connectivity index (χ2v) is 8.30. The highest BCUT2D eigenvalue weighted by atomic mass is 32.2. The molecule has 168 valence electrons. The Bertz CT molecular complexity index is 1350. The number of nitrogens with zero attached hydrogens (tertiary/aromatic N) is 3. The lowest BCUT2D eigenvalue weighted by molar-refractivity contribution is -0.432. The molecule has 0 unspecified atom stereocenters. The van der Waals surface area contributed by atoms with Crippen molar-refractivity contribution in [1.82, 2.24) is 9.78 Å². The van der Waals surface area contributed by atoms with Crippen LogP contribution >= 0.6 is 12.0 Å². The molecular weight excluding hydrogens is 468 g/mol. The second kappa shape index (κ2) is 9.43. The van der Waals surface area contributed by atoms with Crippen LogP contribution < -0.4 is 5.56 Å². The van der Waals surface area contributed by atoms with Gasteiger partial charge in [0, 0.05) is 4.90 Å². The summed E-state index contributed by atoms with van der Waals surface area (Å²) < 4.78 is 36.7. The molecule has 1 heterocycles. The van der Waals surface area contributed by atoms with Crippen molar-refractivity contribution < 1.29 is 37.5 Å². The van der Waals surface area contributed by atoms with Crippen molar-refractivity contribution in [2.75, 3.05) is 0 Å². The Morgan fingerprint density at radius 2 is 1.84 bits per heavy atom. The summed E-state index contributed by atoms with van der Waals surface area (Å²) in [5, 5.41) is 31.5. The molecule has 4 N–H and O–H groups in total. The first-order valence-electron chi connectivity index (χ1n) is 8.45. The fraction of sp³-hybridized carbons (Fsp3) is 0.0588. The number of rotatable bonds is 8. The third-order valence-corrected chi connectivity index (χ3v) is 5.49. The molecule has 2 aromatic carbocycles. The zero-order chi connectivity index (χ0) is 23.5. The highest BCUT2D eigenvalue weighted by molar-refractivity contribution is 7.94. The largest absolute Gasteiger partial charge is 0.478 e. The van der Waals surface area contributed by atoms with Crippen LogP contribution in [0.15, 0.2) is 67.3 Å². The van der Waals surface area contributed by atoms with Gasteiger partial charge in [0.15, 0.2) is 5.69 Å². The van der Waals surface area contributed by atoms with Crippen LogP contribution in [0.25, 0.3) is 5.69 Å². The minimum absolute atomic E-state index is 0.0455. The monoisotopic (exact) mass is 482 g/mol. The topological polar surface area (TPSA) is 193 Å². The van der Waals surface area contributed by atoms with Gasteiger partial charge in [-0.15, -0.1) is 14.6 Å². The molecule has 0 atom stereocenters. The fourth-order valence-electron chi connectivity index (χ4n) is 2.59. The molecule has 32 heavy (non-hydrogen) atoms. The predicted octanol–water partition coefficient (Wildman–Crippen LogP) is 3.26. The Balaban J connectivity index is 1.95. The van der Waals surface area contributed by atoms with Gasteiger partial charge in [-0.3, -0.25) is 14.4 Å². The van der Waals surface area contributed by atoms with Gasteiger partial charge in [-0.25, -0.2) is 14.7 Å². The van der Waals surface area contributed by atoms with E-state index in [1.807, 2.05) is 0 Å². The van der Waals surface area contributed by atoms with Crippen LogP contribution in [0.3, 0.4) is 0 Å². The van der Waals surface area contributed by atoms with Crippen molar-refractivity contribution in [1.29, 1.82) is 0 Å². The molecule has 1 aromatic heterocycles. The predicted molar refractivity (Wildman–Crippen MR) is 109 cm³/mol. The second-order valence-electron chi connectivity index (χ2n) is 6.10. The zero-order valence-corrected chi connectivity index (χ0v) is 17.6. The van der Waals surface area contributed by atoms with Gasteiger partial charge in [-0.05, 0) is 49.4 Å². The number of hydrogen-bond acceptors (Lipinski definition) is 10. The van der Waals surface area contributed by atoms with E-state index in [1.165, 1.54) is 30.3 Å². The van der Waals surface area contributed by atoms with E-state index < -0.39 is 21.6 Å². The Morgan fingerprint density at radius 3 is 2.44 bits per heavy atom. The minimum Gasteiger partial charge on any atom is -0.478 e. The summed E-state index contributed by atoms with van der Waals surface area (Å²) in [6, 6.07) is 8.82. The molecule has 0 aliphatic carbocycles. The van der Waals surface area contributed by atoms with Crippen LogP contribution in [-0.2, 0) is 19.5 Å². The lowest BCUT2D eigenvalue weighted by atomic mass is 10.2. The number of aryl methyl sites for hydroxylation is 1. The average Bonchev–Trinajstić information content (AvgIpc) is 3.03. The van der Waals surface area contributed by atoms with Crippen LogP contribution in [-0.4, -0.2) is 39.1 Å². The first-order valence-corrected chi connectivity index (χ1v) is 10.6. The van der Waals surface area contributed by atoms with Crippen LogP contribution in [0.2, 0.25) is 0 Å². The maximum absolute atomic E-state index is 12.7. The quantitative estimate of drug-likeness (QED) is 0.122. The van der Waals surface area contributed by atoms with Crippen molar-refractivity contribution in [3.05, 3.63) is 64.1 Å². The van der Waals surface area contributed by atoms with Gasteiger partial charge in [-0.1, -0.05) is 5.04 Å². The number of carbonyl (C=O) groups is 1. The van der Waals surface area contributed by atoms with Gasteiger partial charge in [0.1, 0.15) is 5.69 Å². The fourth-order valence-corrected chi connectivity index (χ4v) is 3.47. The molecule has 0 amide bonds. The molecule has 15 heteroatoms. The van der Waals surface area contributed by atoms with Crippen LogP contribution in [0, 0.1) is 6.92 Å². The third-order valence-electron chi connectivity index (χ3n) is 4.05. The van der Waals surface area contributed by atoms with E-state index in [2.05, 4.69) is 24.7 Å². The minimum atomic E-state index is -4.38. The van der Waals surface area contributed by atoms with Gasteiger partial charge in [0.05, 0.1) is 33.9 Å². The van der Waals surface area contributed by atoms with Gasteiger partial charge < -0.3 is 5.11 Å². The van der Waals surface area contributed by atoms with Crippen LogP contribution in [0.4, 0.5) is 11.4 Å². The maximum atomic E-state index is 12.7. The third kappa shape index (κ3) is 5.10. The summed E-state index contributed by atoms with van der Waals surface area (Å²) >= 11 is 0.564. The Morgan fingerprint density at radius 1 is 1.16 bits per heavy atom. The molecule has 0 fully saturated rings. The molecular formula is C17H14N4O9S2. The maximum Gasteiger partial charge on any atom is 0.338 e. The number of azo groups is 1. The van der Waals surface area contributed by atoms with Gasteiger partial charge in [0.2, 0.25) is 0 Å². The van der Waals surface area contributed by atoms with Gasteiger partial charge in [-0.2, -0.15) is 8.42 Å². The Kier molecular flexibility index (Phi) is 6.87. The SMILES string of the molecule is Cc1[nH]n(-c2ccc(S(=O)(=O)O)cc2)c(=O)c1N=Nc1ccc(SOOO)cc1C(=O)O. The first-order chi connectivity index (χ1) is 15.1. The van der Waals surface area contributed by atoms with Crippen molar-refractivity contribution in [2.45, 2.75) is 16.7 Å². The highest BCUT2D eigenvalue weighted by Crippen LogP contribution is 2.28. The number of carboxylic acid groups (broad SMARTS) is 1. The normalized spacial score (nSPS) is 11.8. The van der Waals surface area contributed by atoms with Gasteiger partial charge >= 0.3 is 5.97 Å². The average molecular weight is 482 g/mol. The van der Waals surface area contributed by atoms with Crippen molar-refractivity contribution in [3.63, 3.8) is 0 Å². The lowest BCUT2D eigenvalue weighted by Crippen LogP contribution is -2.14.